The average molecular weight is 231 g/mol. The van der Waals surface area contributed by atoms with Crippen LogP contribution in [-0.2, 0) is 9.59 Å². The van der Waals surface area contributed by atoms with Gasteiger partial charge >= 0.3 is 5.97 Å². The molecule has 0 radical (unpaired) electrons. The average Bonchev–Trinajstić information content (AvgIpc) is 2.14. The Bertz CT molecular complexity index is 329. The van der Waals surface area contributed by atoms with Gasteiger partial charge in [0.25, 0.3) is 0 Å². The minimum absolute atomic E-state index is 0.0380. The fourth-order valence-electron chi connectivity index (χ4n) is 1.49. The molecule has 6 heteroatoms. The molecule has 2 rings (SSSR count). The zero-order valence-corrected chi connectivity index (χ0v) is 9.10. The minimum Gasteiger partial charge on any atom is -0.477 e. The molecule has 0 spiro atoms. The van der Waals surface area contributed by atoms with Crippen LogP contribution in [0, 0.1) is 0 Å². The van der Waals surface area contributed by atoms with Gasteiger partial charge in [-0.1, -0.05) is 0 Å². The molecule has 1 saturated heterocycles. The molecule has 0 bridgehead atoms. The van der Waals surface area contributed by atoms with Crippen molar-refractivity contribution in [2.75, 3.05) is 6.26 Å². The molecule has 1 amide bonds. The first-order chi connectivity index (χ1) is 6.63. The van der Waals surface area contributed by atoms with Crippen LogP contribution in [0.2, 0.25) is 0 Å². The number of carboxylic acid groups (broad SMARTS) is 1. The van der Waals surface area contributed by atoms with E-state index in [1.807, 2.05) is 6.26 Å². The van der Waals surface area contributed by atoms with E-state index in [2.05, 4.69) is 0 Å². The van der Waals surface area contributed by atoms with Crippen molar-refractivity contribution in [1.82, 2.24) is 4.90 Å². The van der Waals surface area contributed by atoms with Crippen LogP contribution in [0.1, 0.15) is 6.42 Å². The molecule has 0 saturated carbocycles. The summed E-state index contributed by atoms with van der Waals surface area (Å²) in [6, 6.07) is 0. The number of fused-ring (bicyclic) bond motifs is 1. The lowest BCUT2D eigenvalue weighted by Crippen LogP contribution is -2.53. The monoisotopic (exact) mass is 231 g/mol. The van der Waals surface area contributed by atoms with Crippen molar-refractivity contribution in [3.8, 4) is 0 Å². The van der Waals surface area contributed by atoms with Crippen molar-refractivity contribution in [3.05, 3.63) is 11.8 Å². The van der Waals surface area contributed by atoms with Gasteiger partial charge in [0.15, 0.2) is 0 Å². The van der Waals surface area contributed by atoms with E-state index in [0.717, 1.165) is 0 Å². The van der Waals surface area contributed by atoms with Crippen LogP contribution in [-0.4, -0.2) is 38.1 Å². The number of nitrogens with zero attached hydrogens (tertiary/aromatic N) is 1. The summed E-state index contributed by atoms with van der Waals surface area (Å²) in [5.41, 5.74) is 0.143. The second-order valence-corrected chi connectivity index (χ2v) is 5.62. The van der Waals surface area contributed by atoms with E-state index in [-0.39, 0.29) is 21.6 Å². The molecule has 1 unspecified atom stereocenters. The van der Waals surface area contributed by atoms with E-state index in [0.29, 0.717) is 6.42 Å². The number of hydrogen-bond donors (Lipinski definition) is 1. The number of aliphatic carboxylic acids is 1. The molecule has 2 heterocycles. The largest absolute Gasteiger partial charge is 0.477 e. The van der Waals surface area contributed by atoms with E-state index in [9.17, 15) is 9.59 Å². The van der Waals surface area contributed by atoms with E-state index in [1.54, 1.807) is 29.6 Å². The number of hydrogen-bond acceptors (Lipinski definition) is 4. The standard InChI is InChI=1S/C8H9NO3S2/c1-13-7-2-4(8(11)12)9-5(10)3-6(9)14-7/h2,6-7H,3H2,1H3,(H,11,12)/t6-,7?/m1/s1. The maximum Gasteiger partial charge on any atom is 0.352 e. The maximum absolute atomic E-state index is 11.2. The first-order valence-electron chi connectivity index (χ1n) is 4.09. The number of carbonyl (C=O) groups excluding carboxylic acids is 1. The van der Waals surface area contributed by atoms with Crippen LogP contribution >= 0.6 is 23.5 Å². The Morgan fingerprint density at radius 1 is 1.79 bits per heavy atom. The van der Waals surface area contributed by atoms with Crippen molar-refractivity contribution < 1.29 is 14.7 Å². The highest BCUT2D eigenvalue weighted by Gasteiger charge is 2.45. The summed E-state index contributed by atoms with van der Waals surface area (Å²) in [5.74, 6) is -1.10. The number of thioether (sulfide) groups is 2. The van der Waals surface area contributed by atoms with Gasteiger partial charge in [-0.05, 0) is 12.3 Å². The topological polar surface area (TPSA) is 57.6 Å². The van der Waals surface area contributed by atoms with Gasteiger partial charge in [-0.15, -0.1) is 23.5 Å². The summed E-state index contributed by atoms with van der Waals surface area (Å²) in [7, 11) is 0. The Kier molecular flexibility index (Phi) is 2.48. The first-order valence-corrected chi connectivity index (χ1v) is 6.32. The summed E-state index contributed by atoms with van der Waals surface area (Å²) in [4.78, 5) is 23.4. The normalized spacial score (nSPS) is 30.5. The molecule has 2 aliphatic rings. The number of β-lactam (4-membered cyclic amide) rings is 1. The van der Waals surface area contributed by atoms with E-state index in [1.165, 1.54) is 4.90 Å². The predicted molar refractivity (Wildman–Crippen MR) is 55.9 cm³/mol. The van der Waals surface area contributed by atoms with Crippen molar-refractivity contribution in [3.63, 3.8) is 0 Å². The predicted octanol–water partition coefficient (Wildman–Crippen LogP) is 0.949. The second kappa shape index (κ2) is 3.51. The summed E-state index contributed by atoms with van der Waals surface area (Å²) in [5, 5.41) is 8.95. The van der Waals surface area contributed by atoms with Gasteiger partial charge in [0.1, 0.15) is 5.70 Å². The molecule has 0 aromatic carbocycles. The molecule has 0 aromatic rings. The third-order valence-corrected chi connectivity index (χ3v) is 4.81. The molecule has 4 nitrogen and oxygen atoms in total. The lowest BCUT2D eigenvalue weighted by molar-refractivity contribution is -0.146. The number of carboxylic acids is 1. The third-order valence-electron chi connectivity index (χ3n) is 2.20. The maximum atomic E-state index is 11.2. The molecule has 76 valence electrons. The van der Waals surface area contributed by atoms with E-state index < -0.39 is 5.97 Å². The Hall–Kier alpha value is -0.620. The molecular weight excluding hydrogens is 222 g/mol. The Morgan fingerprint density at radius 2 is 2.50 bits per heavy atom. The molecule has 2 aliphatic heterocycles. The molecule has 0 aromatic heterocycles. The summed E-state index contributed by atoms with van der Waals surface area (Å²) in [6.45, 7) is 0. The Balaban J connectivity index is 2.27. The van der Waals surface area contributed by atoms with Crippen LogP contribution in [0.25, 0.3) is 0 Å². The fourth-order valence-corrected chi connectivity index (χ4v) is 3.69. The SMILES string of the molecule is CSC1C=C(C(=O)O)N2C(=O)C[C@H]2S1. The van der Waals surface area contributed by atoms with Crippen LogP contribution in [0.4, 0.5) is 0 Å². The molecule has 1 N–H and O–H groups in total. The van der Waals surface area contributed by atoms with Gasteiger partial charge in [0, 0.05) is 0 Å². The lowest BCUT2D eigenvalue weighted by Gasteiger charge is -2.44. The van der Waals surface area contributed by atoms with E-state index >= 15 is 0 Å². The number of amides is 1. The van der Waals surface area contributed by atoms with Crippen LogP contribution in [0.5, 0.6) is 0 Å². The zero-order valence-electron chi connectivity index (χ0n) is 7.47. The van der Waals surface area contributed by atoms with Gasteiger partial charge < -0.3 is 5.11 Å². The third kappa shape index (κ3) is 1.42. The summed E-state index contributed by atoms with van der Waals surface area (Å²) >= 11 is 3.23. The molecule has 0 aliphatic carbocycles. The second-order valence-electron chi connectivity index (χ2n) is 3.02. The highest BCUT2D eigenvalue weighted by Crippen LogP contribution is 2.43. The highest BCUT2D eigenvalue weighted by molar-refractivity contribution is 8.17. The molecule has 2 atom stereocenters. The van der Waals surface area contributed by atoms with E-state index in [4.69, 9.17) is 5.11 Å². The van der Waals surface area contributed by atoms with Crippen LogP contribution in [0.3, 0.4) is 0 Å². The first kappa shape index (κ1) is 9.92. The zero-order chi connectivity index (χ0) is 10.3. The minimum atomic E-state index is -1.01. The molecule has 14 heavy (non-hydrogen) atoms. The van der Waals surface area contributed by atoms with Gasteiger partial charge in [-0.25, -0.2) is 4.79 Å². The Labute approximate surface area is 89.7 Å². The van der Waals surface area contributed by atoms with Crippen molar-refractivity contribution in [2.45, 2.75) is 16.4 Å². The molecule has 1 fully saturated rings. The highest BCUT2D eigenvalue weighted by atomic mass is 32.2. The smallest absolute Gasteiger partial charge is 0.352 e. The summed E-state index contributed by atoms with van der Waals surface area (Å²) < 4.78 is 0.149. The van der Waals surface area contributed by atoms with Gasteiger partial charge in [0.05, 0.1) is 16.4 Å². The van der Waals surface area contributed by atoms with Crippen LogP contribution in [0.15, 0.2) is 11.8 Å². The number of rotatable bonds is 2. The quantitative estimate of drug-likeness (QED) is 0.717. The van der Waals surface area contributed by atoms with Crippen LogP contribution < -0.4 is 0 Å². The van der Waals surface area contributed by atoms with Crippen molar-refractivity contribution in [1.29, 1.82) is 0 Å². The fraction of sp³-hybridized carbons (Fsp3) is 0.500. The van der Waals surface area contributed by atoms with Gasteiger partial charge in [-0.2, -0.15) is 0 Å². The number of carbonyl (C=O) groups is 2. The van der Waals surface area contributed by atoms with Gasteiger partial charge in [-0.3, -0.25) is 9.69 Å². The Morgan fingerprint density at radius 3 is 3.00 bits per heavy atom. The lowest BCUT2D eigenvalue weighted by atomic mass is 10.1. The van der Waals surface area contributed by atoms with Crippen molar-refractivity contribution >= 4 is 35.4 Å². The van der Waals surface area contributed by atoms with Crippen molar-refractivity contribution in [2.24, 2.45) is 0 Å². The summed E-state index contributed by atoms with van der Waals surface area (Å²) in [6.07, 6.45) is 4.04. The van der Waals surface area contributed by atoms with Gasteiger partial charge in [0.2, 0.25) is 5.91 Å². The molecular formula is C8H9NO3S2.